The number of halogens is 2. The van der Waals surface area contributed by atoms with E-state index in [1.54, 1.807) is 24.3 Å². The molecule has 180 valence electrons. The summed E-state index contributed by atoms with van der Waals surface area (Å²) in [5.74, 6) is -0.985. The molecule has 0 aliphatic heterocycles. The van der Waals surface area contributed by atoms with Crippen molar-refractivity contribution >= 4 is 58.5 Å². The molecule has 1 aromatic heterocycles. The number of carbonyl (C=O) groups excluding carboxylic acids is 2. The van der Waals surface area contributed by atoms with E-state index < -0.39 is 17.6 Å². The first-order valence-corrected chi connectivity index (χ1v) is 9.90. The Balaban J connectivity index is 0.00000272. The lowest BCUT2D eigenvalue weighted by atomic mass is 10.0. The van der Waals surface area contributed by atoms with Crippen LogP contribution in [0.3, 0.4) is 0 Å². The number of carbonyl (C=O) groups is 2. The fourth-order valence-electron chi connectivity index (χ4n) is 2.99. The number of likely N-dealkylation sites (N-methyl/N-ethyl adjacent to an activating group) is 2. The van der Waals surface area contributed by atoms with Gasteiger partial charge in [0, 0.05) is 18.5 Å². The van der Waals surface area contributed by atoms with Gasteiger partial charge in [0.15, 0.2) is 0 Å². The van der Waals surface area contributed by atoms with Gasteiger partial charge in [0.05, 0.1) is 16.5 Å². The minimum atomic E-state index is -0.594. The average molecular weight is 499 g/mol. The van der Waals surface area contributed by atoms with Crippen molar-refractivity contribution in [3.63, 3.8) is 0 Å². The van der Waals surface area contributed by atoms with E-state index >= 15 is 0 Å². The highest BCUT2D eigenvalue weighted by Crippen LogP contribution is 2.25. The van der Waals surface area contributed by atoms with E-state index in [1.807, 2.05) is 38.0 Å². The van der Waals surface area contributed by atoms with Crippen LogP contribution in [-0.2, 0) is 9.47 Å². The number of ether oxygens (including phenoxy) is 2. The molecule has 10 heteroatoms. The third kappa shape index (κ3) is 7.17. The van der Waals surface area contributed by atoms with Crippen LogP contribution >= 0.6 is 24.8 Å². The van der Waals surface area contributed by atoms with E-state index in [2.05, 4.69) is 0 Å². The Morgan fingerprint density at radius 3 is 1.76 bits per heavy atom. The Hall–Kier alpha value is -2.65. The molecule has 0 amide bonds. The minimum Gasteiger partial charge on any atom is -0.461 e. The summed E-state index contributed by atoms with van der Waals surface area (Å²) in [4.78, 5) is 40.9. The van der Waals surface area contributed by atoms with Gasteiger partial charge in [-0.25, -0.2) is 14.4 Å². The van der Waals surface area contributed by atoms with E-state index in [4.69, 9.17) is 13.9 Å². The van der Waals surface area contributed by atoms with Crippen molar-refractivity contribution < 1.29 is 23.5 Å². The van der Waals surface area contributed by atoms with Crippen LogP contribution in [0.15, 0.2) is 45.6 Å². The number of rotatable bonds is 8. The van der Waals surface area contributed by atoms with Crippen LogP contribution in [0.5, 0.6) is 0 Å². The summed E-state index contributed by atoms with van der Waals surface area (Å²) in [5.41, 5.74) is 0.262. The van der Waals surface area contributed by atoms with Crippen molar-refractivity contribution in [1.29, 1.82) is 0 Å². The van der Waals surface area contributed by atoms with Crippen molar-refractivity contribution in [2.24, 2.45) is 0 Å². The zero-order valence-electron chi connectivity index (χ0n) is 19.0. The van der Waals surface area contributed by atoms with Gasteiger partial charge in [-0.1, -0.05) is 6.07 Å². The highest BCUT2D eigenvalue weighted by molar-refractivity contribution is 6.07. The van der Waals surface area contributed by atoms with Gasteiger partial charge in [0.25, 0.3) is 0 Å². The van der Waals surface area contributed by atoms with Crippen molar-refractivity contribution in [3.05, 3.63) is 57.9 Å². The molecule has 0 aliphatic carbocycles. The lowest BCUT2D eigenvalue weighted by Gasteiger charge is -2.11. The second kappa shape index (κ2) is 12.6. The molecule has 3 aromatic rings. The number of esters is 2. The van der Waals surface area contributed by atoms with E-state index in [0.717, 1.165) is 0 Å². The minimum absolute atomic E-state index is 0. The lowest BCUT2D eigenvalue weighted by Crippen LogP contribution is -2.20. The lowest BCUT2D eigenvalue weighted by molar-refractivity contribution is 0.0472. The number of benzene rings is 2. The molecule has 0 N–H and O–H groups in total. The standard InChI is InChI=1S/C23H26N2O6.2ClH/c1-24(2)9-11-29-21(26)15-5-7-17-18-8-6-16(22(27)30-12-10-25(3)4)14-20(18)31-23(28)19(17)13-15;;/h5-8,13-14H,9-12H2,1-4H3;2*1H. The van der Waals surface area contributed by atoms with Crippen LogP contribution in [0.2, 0.25) is 0 Å². The largest absolute Gasteiger partial charge is 0.461 e. The van der Waals surface area contributed by atoms with E-state index in [9.17, 15) is 14.4 Å². The van der Waals surface area contributed by atoms with Gasteiger partial charge < -0.3 is 23.7 Å². The van der Waals surface area contributed by atoms with Crippen molar-refractivity contribution in [3.8, 4) is 0 Å². The Kier molecular flexibility index (Phi) is 10.8. The molecule has 0 fully saturated rings. The fraction of sp³-hybridized carbons (Fsp3) is 0.348. The molecule has 0 aliphatic rings. The summed E-state index contributed by atoms with van der Waals surface area (Å²) >= 11 is 0. The van der Waals surface area contributed by atoms with Gasteiger partial charge in [-0.15, -0.1) is 24.8 Å². The first-order valence-electron chi connectivity index (χ1n) is 9.90. The number of nitrogens with zero attached hydrogens (tertiary/aromatic N) is 2. The molecule has 0 radical (unpaired) electrons. The molecule has 1 heterocycles. The van der Waals surface area contributed by atoms with Gasteiger partial charge in [0.1, 0.15) is 18.8 Å². The van der Waals surface area contributed by atoms with Gasteiger partial charge in [-0.2, -0.15) is 0 Å². The summed E-state index contributed by atoms with van der Waals surface area (Å²) in [6, 6.07) is 9.61. The van der Waals surface area contributed by atoms with E-state index in [-0.39, 0.29) is 54.6 Å². The first-order chi connectivity index (χ1) is 14.8. The molecule has 3 rings (SSSR count). The second-order valence-electron chi connectivity index (χ2n) is 7.74. The van der Waals surface area contributed by atoms with Crippen molar-refractivity contribution in [2.45, 2.75) is 0 Å². The molecule has 8 nitrogen and oxygen atoms in total. The first kappa shape index (κ1) is 28.4. The number of fused-ring (bicyclic) bond motifs is 3. The molecule has 2 aromatic carbocycles. The zero-order valence-corrected chi connectivity index (χ0v) is 20.6. The Labute approximate surface area is 204 Å². The third-order valence-electron chi connectivity index (χ3n) is 4.73. The third-order valence-corrected chi connectivity index (χ3v) is 4.73. The SMILES string of the molecule is CN(C)CCOC(=O)c1ccc2c(c1)oc(=O)c1cc(C(=O)OCCN(C)C)ccc12.Cl.Cl. The van der Waals surface area contributed by atoms with E-state index in [1.165, 1.54) is 12.1 Å². The molecule has 0 bridgehead atoms. The monoisotopic (exact) mass is 498 g/mol. The molecule has 0 unspecified atom stereocenters. The van der Waals surface area contributed by atoms with Crippen LogP contribution in [-0.4, -0.2) is 76.2 Å². The molecule has 0 spiro atoms. The molecular formula is C23H28Cl2N2O6. The number of hydrogen-bond donors (Lipinski definition) is 0. The van der Waals surface area contributed by atoms with Crippen molar-refractivity contribution in [2.75, 3.05) is 54.5 Å². The zero-order chi connectivity index (χ0) is 22.5. The summed E-state index contributed by atoms with van der Waals surface area (Å²) < 4.78 is 15.9. The predicted molar refractivity (Wildman–Crippen MR) is 132 cm³/mol. The van der Waals surface area contributed by atoms with Crippen LogP contribution < -0.4 is 5.63 Å². The summed E-state index contributed by atoms with van der Waals surface area (Å²) in [7, 11) is 7.54. The Bertz CT molecular complexity index is 1180. The molecule has 33 heavy (non-hydrogen) atoms. The maximum atomic E-state index is 12.6. The van der Waals surface area contributed by atoms with Gasteiger partial charge in [-0.05, 0) is 63.9 Å². The highest BCUT2D eigenvalue weighted by atomic mass is 35.5. The normalized spacial score (nSPS) is 10.7. The van der Waals surface area contributed by atoms with Crippen LogP contribution in [0, 0.1) is 0 Å². The van der Waals surface area contributed by atoms with E-state index in [0.29, 0.717) is 29.4 Å². The summed E-state index contributed by atoms with van der Waals surface area (Å²) in [6.45, 7) is 1.73. The summed E-state index contributed by atoms with van der Waals surface area (Å²) in [6.07, 6.45) is 0. The maximum Gasteiger partial charge on any atom is 0.344 e. The smallest absolute Gasteiger partial charge is 0.344 e. The van der Waals surface area contributed by atoms with Crippen molar-refractivity contribution in [1.82, 2.24) is 9.80 Å². The topological polar surface area (TPSA) is 89.3 Å². The Morgan fingerprint density at radius 2 is 1.24 bits per heavy atom. The van der Waals surface area contributed by atoms with Gasteiger partial charge in [0.2, 0.25) is 0 Å². The summed E-state index contributed by atoms with van der Waals surface area (Å²) in [5, 5.41) is 1.56. The molecule has 0 saturated carbocycles. The quantitative estimate of drug-likeness (QED) is 0.265. The molecule has 0 atom stereocenters. The van der Waals surface area contributed by atoms with Gasteiger partial charge >= 0.3 is 17.6 Å². The van der Waals surface area contributed by atoms with Crippen LogP contribution in [0.1, 0.15) is 20.7 Å². The maximum absolute atomic E-state index is 12.6. The molecule has 0 saturated heterocycles. The van der Waals surface area contributed by atoms with Crippen LogP contribution in [0.25, 0.3) is 21.7 Å². The highest BCUT2D eigenvalue weighted by Gasteiger charge is 2.15. The molecular weight excluding hydrogens is 471 g/mol. The second-order valence-corrected chi connectivity index (χ2v) is 7.74. The van der Waals surface area contributed by atoms with Gasteiger partial charge in [-0.3, -0.25) is 0 Å². The predicted octanol–water partition coefficient (Wildman–Crippen LogP) is 3.23. The Morgan fingerprint density at radius 1 is 0.758 bits per heavy atom. The fourth-order valence-corrected chi connectivity index (χ4v) is 2.99. The average Bonchev–Trinajstić information content (AvgIpc) is 2.72. The number of hydrogen-bond acceptors (Lipinski definition) is 8. The van der Waals surface area contributed by atoms with Crippen LogP contribution in [0.4, 0.5) is 0 Å².